The van der Waals surface area contributed by atoms with E-state index in [1.54, 1.807) is 31.4 Å². The van der Waals surface area contributed by atoms with Crippen LogP contribution in [0.3, 0.4) is 0 Å². The Labute approximate surface area is 76.8 Å². The number of nitrogens with two attached hydrogens (primary N) is 1. The van der Waals surface area contributed by atoms with Crippen LogP contribution in [-0.4, -0.2) is 13.4 Å². The van der Waals surface area contributed by atoms with E-state index in [2.05, 4.69) is 0 Å². The van der Waals surface area contributed by atoms with E-state index < -0.39 is 0 Å². The summed E-state index contributed by atoms with van der Waals surface area (Å²) >= 11 is 0. The summed E-state index contributed by atoms with van der Waals surface area (Å²) in [5.74, 6) is 0.722. The molecular formula is C10H11NO2. The van der Waals surface area contributed by atoms with Gasteiger partial charge in [-0.25, -0.2) is 0 Å². The third-order valence-corrected chi connectivity index (χ3v) is 1.65. The molecule has 0 aliphatic carbocycles. The second kappa shape index (κ2) is 4.30. The zero-order valence-electron chi connectivity index (χ0n) is 7.36. The summed E-state index contributed by atoms with van der Waals surface area (Å²) in [7, 11) is 1.58. The molecule has 0 spiro atoms. The molecule has 0 saturated heterocycles. The van der Waals surface area contributed by atoms with Crippen molar-refractivity contribution in [1.29, 1.82) is 0 Å². The first kappa shape index (κ1) is 9.32. The van der Waals surface area contributed by atoms with Gasteiger partial charge in [0.15, 0.2) is 0 Å². The van der Waals surface area contributed by atoms with E-state index in [0.717, 1.165) is 11.3 Å². The number of hydrogen-bond acceptors (Lipinski definition) is 3. The average Bonchev–Trinajstić information content (AvgIpc) is 2.17. The van der Waals surface area contributed by atoms with Crippen LogP contribution >= 0.6 is 0 Å². The number of hydrogen-bond donors (Lipinski definition) is 1. The van der Waals surface area contributed by atoms with Crippen molar-refractivity contribution in [3.05, 3.63) is 29.8 Å². The quantitative estimate of drug-likeness (QED) is 0.432. The van der Waals surface area contributed by atoms with Crippen molar-refractivity contribution in [1.82, 2.24) is 0 Å². The van der Waals surface area contributed by atoms with Gasteiger partial charge in [-0.05, 0) is 30.4 Å². The molecule has 0 unspecified atom stereocenters. The minimum Gasteiger partial charge on any atom is -0.497 e. The Hall–Kier alpha value is -1.77. The lowest BCUT2D eigenvalue weighted by molar-refractivity contribution is -0.104. The van der Waals surface area contributed by atoms with E-state index in [0.29, 0.717) is 12.0 Å². The van der Waals surface area contributed by atoms with E-state index in [9.17, 15) is 4.79 Å². The van der Waals surface area contributed by atoms with Crippen LogP contribution in [0.1, 0.15) is 5.56 Å². The van der Waals surface area contributed by atoms with Gasteiger partial charge in [0, 0.05) is 11.3 Å². The fourth-order valence-electron chi connectivity index (χ4n) is 0.967. The van der Waals surface area contributed by atoms with Crippen LogP contribution in [0.2, 0.25) is 0 Å². The third-order valence-electron chi connectivity index (χ3n) is 1.65. The topological polar surface area (TPSA) is 52.3 Å². The van der Waals surface area contributed by atoms with Crippen LogP contribution in [0.5, 0.6) is 5.75 Å². The summed E-state index contributed by atoms with van der Waals surface area (Å²) in [4.78, 5) is 10.1. The summed E-state index contributed by atoms with van der Waals surface area (Å²) in [6.45, 7) is 0. The van der Waals surface area contributed by atoms with Crippen molar-refractivity contribution < 1.29 is 9.53 Å². The molecule has 68 valence electrons. The number of methoxy groups -OCH3 is 1. The highest BCUT2D eigenvalue weighted by Gasteiger charge is 1.96. The Morgan fingerprint density at radius 2 is 2.23 bits per heavy atom. The Kier molecular flexibility index (Phi) is 3.09. The molecule has 0 saturated carbocycles. The van der Waals surface area contributed by atoms with Gasteiger partial charge in [0.2, 0.25) is 0 Å². The van der Waals surface area contributed by atoms with Gasteiger partial charge in [-0.15, -0.1) is 0 Å². The van der Waals surface area contributed by atoms with Gasteiger partial charge in [-0.1, -0.05) is 0 Å². The number of carbonyl (C=O) groups excluding carboxylic acids is 1. The first-order valence-corrected chi connectivity index (χ1v) is 3.83. The molecule has 0 heterocycles. The van der Waals surface area contributed by atoms with Crippen LogP contribution in [-0.2, 0) is 4.79 Å². The van der Waals surface area contributed by atoms with Crippen molar-refractivity contribution >= 4 is 18.0 Å². The summed E-state index contributed by atoms with van der Waals surface area (Å²) < 4.78 is 5.01. The molecule has 0 aliphatic heterocycles. The number of ether oxygens (including phenoxy) is 1. The average molecular weight is 177 g/mol. The fraction of sp³-hybridized carbons (Fsp3) is 0.100. The Morgan fingerprint density at radius 1 is 1.46 bits per heavy atom. The number of nitrogen functional groups attached to an aromatic ring is 1. The van der Waals surface area contributed by atoms with Crippen LogP contribution in [0.25, 0.3) is 6.08 Å². The Morgan fingerprint density at radius 3 is 2.85 bits per heavy atom. The van der Waals surface area contributed by atoms with E-state index in [4.69, 9.17) is 10.5 Å². The second-order valence-corrected chi connectivity index (χ2v) is 2.49. The second-order valence-electron chi connectivity index (χ2n) is 2.49. The molecular weight excluding hydrogens is 166 g/mol. The van der Waals surface area contributed by atoms with Crippen LogP contribution in [0, 0.1) is 0 Å². The van der Waals surface area contributed by atoms with Gasteiger partial charge in [-0.3, -0.25) is 4.79 Å². The molecule has 0 fully saturated rings. The maximum Gasteiger partial charge on any atom is 0.142 e. The molecule has 3 heteroatoms. The van der Waals surface area contributed by atoms with E-state index in [1.165, 1.54) is 6.08 Å². The molecule has 0 amide bonds. The van der Waals surface area contributed by atoms with Crippen molar-refractivity contribution in [2.75, 3.05) is 12.8 Å². The minimum atomic E-state index is 0.624. The smallest absolute Gasteiger partial charge is 0.142 e. The highest BCUT2D eigenvalue weighted by Crippen LogP contribution is 2.20. The zero-order valence-corrected chi connectivity index (χ0v) is 7.36. The standard InChI is InChI=1S/C10H11NO2/c1-13-9-4-5-10(11)8(7-9)3-2-6-12/h2-7H,11H2,1H3/b3-2+. The van der Waals surface area contributed by atoms with Gasteiger partial charge >= 0.3 is 0 Å². The maximum absolute atomic E-state index is 10.1. The highest BCUT2D eigenvalue weighted by molar-refractivity contribution is 5.77. The highest BCUT2D eigenvalue weighted by atomic mass is 16.5. The normalized spacial score (nSPS) is 10.2. The monoisotopic (exact) mass is 177 g/mol. The molecule has 1 aromatic carbocycles. The molecule has 0 bridgehead atoms. The lowest BCUT2D eigenvalue weighted by Gasteiger charge is -2.03. The first-order chi connectivity index (χ1) is 6.27. The van der Waals surface area contributed by atoms with Gasteiger partial charge in [0.25, 0.3) is 0 Å². The Bertz CT molecular complexity index is 332. The Balaban J connectivity index is 3.03. The molecule has 0 atom stereocenters. The van der Waals surface area contributed by atoms with Crippen molar-refractivity contribution in [2.24, 2.45) is 0 Å². The fourth-order valence-corrected chi connectivity index (χ4v) is 0.967. The van der Waals surface area contributed by atoms with Crippen LogP contribution in [0.4, 0.5) is 5.69 Å². The number of benzene rings is 1. The molecule has 0 radical (unpaired) electrons. The van der Waals surface area contributed by atoms with Crippen LogP contribution in [0.15, 0.2) is 24.3 Å². The van der Waals surface area contributed by atoms with Gasteiger partial charge < -0.3 is 10.5 Å². The van der Waals surface area contributed by atoms with E-state index in [-0.39, 0.29) is 0 Å². The molecule has 1 aromatic rings. The molecule has 0 aromatic heterocycles. The van der Waals surface area contributed by atoms with Crippen molar-refractivity contribution in [3.63, 3.8) is 0 Å². The lowest BCUT2D eigenvalue weighted by Crippen LogP contribution is -1.90. The number of allylic oxidation sites excluding steroid dienone is 1. The number of aldehydes is 1. The zero-order chi connectivity index (χ0) is 9.68. The summed E-state index contributed by atoms with van der Waals surface area (Å²) in [5.41, 5.74) is 7.07. The van der Waals surface area contributed by atoms with Crippen molar-refractivity contribution in [2.45, 2.75) is 0 Å². The van der Waals surface area contributed by atoms with Gasteiger partial charge in [-0.2, -0.15) is 0 Å². The van der Waals surface area contributed by atoms with Gasteiger partial charge in [0.05, 0.1) is 7.11 Å². The third kappa shape index (κ3) is 2.33. The number of carbonyl (C=O) groups is 1. The SMILES string of the molecule is COc1ccc(N)c(/C=C/C=O)c1. The predicted molar refractivity (Wildman–Crippen MR) is 52.5 cm³/mol. The predicted octanol–water partition coefficient (Wildman–Crippen LogP) is 1.49. The van der Waals surface area contributed by atoms with E-state index in [1.807, 2.05) is 0 Å². The largest absolute Gasteiger partial charge is 0.497 e. The first-order valence-electron chi connectivity index (χ1n) is 3.83. The molecule has 1 rings (SSSR count). The lowest BCUT2D eigenvalue weighted by atomic mass is 10.1. The molecule has 2 N–H and O–H groups in total. The number of rotatable bonds is 3. The van der Waals surface area contributed by atoms with Crippen LogP contribution < -0.4 is 10.5 Å². The maximum atomic E-state index is 10.1. The molecule has 0 aliphatic rings. The summed E-state index contributed by atoms with van der Waals surface area (Å²) in [5, 5.41) is 0. The summed E-state index contributed by atoms with van der Waals surface area (Å²) in [6.07, 6.45) is 3.74. The molecule has 13 heavy (non-hydrogen) atoms. The van der Waals surface area contributed by atoms with Gasteiger partial charge in [0.1, 0.15) is 12.0 Å². The van der Waals surface area contributed by atoms with Crippen molar-refractivity contribution in [3.8, 4) is 5.75 Å². The summed E-state index contributed by atoms with van der Waals surface area (Å²) in [6, 6.07) is 5.28. The molecule has 3 nitrogen and oxygen atoms in total. The minimum absolute atomic E-state index is 0.624. The number of anilines is 1. The van der Waals surface area contributed by atoms with E-state index >= 15 is 0 Å².